The highest BCUT2D eigenvalue weighted by Crippen LogP contribution is 2.30. The number of hydrogen-bond acceptors (Lipinski definition) is 4. The Morgan fingerprint density at radius 1 is 1.35 bits per heavy atom. The van der Waals surface area contributed by atoms with Crippen molar-refractivity contribution in [2.24, 2.45) is 0 Å². The molecule has 0 N–H and O–H groups in total. The molecule has 20 heavy (non-hydrogen) atoms. The molecule has 0 bridgehead atoms. The van der Waals surface area contributed by atoms with Crippen molar-refractivity contribution >= 4 is 28.8 Å². The molecule has 2 aromatic rings. The van der Waals surface area contributed by atoms with Crippen molar-refractivity contribution < 1.29 is 9.21 Å². The van der Waals surface area contributed by atoms with Crippen LogP contribution in [0.15, 0.2) is 28.7 Å². The van der Waals surface area contributed by atoms with Crippen molar-refractivity contribution in [3.05, 3.63) is 30.2 Å². The van der Waals surface area contributed by atoms with Gasteiger partial charge in [-0.05, 0) is 32.9 Å². The lowest BCUT2D eigenvalue weighted by atomic mass is 10.3. The van der Waals surface area contributed by atoms with Gasteiger partial charge in [0.2, 0.25) is 11.8 Å². The van der Waals surface area contributed by atoms with Crippen LogP contribution >= 0.6 is 11.8 Å². The van der Waals surface area contributed by atoms with E-state index in [2.05, 4.69) is 4.98 Å². The van der Waals surface area contributed by atoms with Gasteiger partial charge in [-0.1, -0.05) is 12.1 Å². The van der Waals surface area contributed by atoms with Gasteiger partial charge in [0, 0.05) is 13.1 Å². The second-order valence-electron chi connectivity index (χ2n) is 4.54. The first-order chi connectivity index (χ1) is 9.65. The summed E-state index contributed by atoms with van der Waals surface area (Å²) in [4.78, 5) is 18.3. The number of benzene rings is 1. The monoisotopic (exact) mass is 292 g/mol. The molecule has 0 fully saturated rings. The second-order valence-corrected chi connectivity index (χ2v) is 5.87. The van der Waals surface area contributed by atoms with Crippen molar-refractivity contribution in [1.82, 2.24) is 9.88 Å². The van der Waals surface area contributed by atoms with E-state index in [9.17, 15) is 4.79 Å². The first-order valence-corrected chi connectivity index (χ1v) is 7.95. The Hall–Kier alpha value is -1.49. The Morgan fingerprint density at radius 2 is 2.05 bits per heavy atom. The highest BCUT2D eigenvalue weighted by Gasteiger charge is 2.17. The summed E-state index contributed by atoms with van der Waals surface area (Å²) in [6.45, 7) is 7.53. The molecule has 0 radical (unpaired) electrons. The number of rotatable bonds is 6. The average molecular weight is 292 g/mol. The zero-order chi connectivity index (χ0) is 14.5. The zero-order valence-corrected chi connectivity index (χ0v) is 12.9. The van der Waals surface area contributed by atoms with Crippen LogP contribution in [0.5, 0.6) is 0 Å². The number of amides is 1. The van der Waals surface area contributed by atoms with E-state index >= 15 is 0 Å². The van der Waals surface area contributed by atoms with E-state index in [-0.39, 0.29) is 11.2 Å². The van der Waals surface area contributed by atoms with Gasteiger partial charge in [-0.15, -0.1) is 11.8 Å². The van der Waals surface area contributed by atoms with Crippen LogP contribution in [0.25, 0.3) is 11.1 Å². The molecule has 0 saturated carbocycles. The third-order valence-corrected chi connectivity index (χ3v) is 4.35. The predicted molar refractivity (Wildman–Crippen MR) is 82.8 cm³/mol. The number of carbonyl (C=O) groups is 1. The minimum Gasteiger partial charge on any atom is -0.439 e. The fourth-order valence-electron chi connectivity index (χ4n) is 2.00. The normalized spacial score (nSPS) is 12.6. The Morgan fingerprint density at radius 3 is 2.70 bits per heavy atom. The van der Waals surface area contributed by atoms with Gasteiger partial charge in [0.25, 0.3) is 0 Å². The van der Waals surface area contributed by atoms with Gasteiger partial charge < -0.3 is 9.32 Å². The van der Waals surface area contributed by atoms with Gasteiger partial charge in [-0.3, -0.25) is 4.79 Å². The number of nitrogens with zero attached hydrogens (tertiary/aromatic N) is 2. The molecule has 0 aliphatic rings. The van der Waals surface area contributed by atoms with Crippen molar-refractivity contribution in [2.75, 3.05) is 18.8 Å². The fraction of sp³-hybridized carbons (Fsp3) is 0.467. The molecule has 0 aliphatic carbocycles. The highest BCUT2D eigenvalue weighted by atomic mass is 32.2. The summed E-state index contributed by atoms with van der Waals surface area (Å²) in [7, 11) is 0. The summed E-state index contributed by atoms with van der Waals surface area (Å²) in [5, 5.41) is 0.0712. The topological polar surface area (TPSA) is 46.3 Å². The molecule has 4 nitrogen and oxygen atoms in total. The number of aromatic nitrogens is 1. The quantitative estimate of drug-likeness (QED) is 0.817. The third-order valence-electron chi connectivity index (χ3n) is 3.23. The lowest BCUT2D eigenvalue weighted by Gasteiger charge is -2.18. The SMILES string of the molecule is CCN(CC)C(=O)CS[C@H](C)c1nc2ccccc2o1. The Labute approximate surface area is 123 Å². The van der Waals surface area contributed by atoms with Gasteiger partial charge in [0.1, 0.15) is 5.52 Å². The van der Waals surface area contributed by atoms with Crippen LogP contribution in [-0.2, 0) is 4.79 Å². The molecule has 1 heterocycles. The molecular formula is C15H20N2O2S. The Balaban J connectivity index is 1.98. The molecule has 0 saturated heterocycles. The average Bonchev–Trinajstić information content (AvgIpc) is 2.90. The maximum atomic E-state index is 12.0. The van der Waals surface area contributed by atoms with E-state index < -0.39 is 0 Å². The largest absolute Gasteiger partial charge is 0.439 e. The van der Waals surface area contributed by atoms with Crippen molar-refractivity contribution in [3.63, 3.8) is 0 Å². The van der Waals surface area contributed by atoms with E-state index in [1.54, 1.807) is 11.8 Å². The maximum absolute atomic E-state index is 12.0. The van der Waals surface area contributed by atoms with E-state index in [1.165, 1.54) is 0 Å². The summed E-state index contributed by atoms with van der Waals surface area (Å²) in [6, 6.07) is 7.71. The number of carbonyl (C=O) groups excluding carboxylic acids is 1. The first kappa shape index (κ1) is 14.9. The lowest BCUT2D eigenvalue weighted by Crippen LogP contribution is -2.32. The number of thioether (sulfide) groups is 1. The summed E-state index contributed by atoms with van der Waals surface area (Å²) in [5.41, 5.74) is 1.66. The molecule has 0 unspecified atom stereocenters. The number of hydrogen-bond donors (Lipinski definition) is 0. The third kappa shape index (κ3) is 3.33. The van der Waals surface area contributed by atoms with Crippen molar-refractivity contribution in [3.8, 4) is 0 Å². The molecule has 0 spiro atoms. The predicted octanol–water partition coefficient (Wildman–Crippen LogP) is 3.49. The second kappa shape index (κ2) is 6.79. The Kier molecular flexibility index (Phi) is 5.06. The molecule has 1 aromatic carbocycles. The molecule has 108 valence electrons. The van der Waals surface area contributed by atoms with Gasteiger partial charge in [0.15, 0.2) is 5.58 Å². The van der Waals surface area contributed by atoms with Crippen LogP contribution in [0.4, 0.5) is 0 Å². The molecule has 2 rings (SSSR count). The lowest BCUT2D eigenvalue weighted by molar-refractivity contribution is -0.127. The minimum absolute atomic E-state index is 0.0712. The summed E-state index contributed by atoms with van der Waals surface area (Å²) < 4.78 is 5.72. The van der Waals surface area contributed by atoms with E-state index in [0.29, 0.717) is 11.6 Å². The smallest absolute Gasteiger partial charge is 0.232 e. The number of para-hydroxylation sites is 2. The van der Waals surface area contributed by atoms with E-state index in [4.69, 9.17) is 4.42 Å². The summed E-state index contributed by atoms with van der Waals surface area (Å²) in [5.74, 6) is 1.31. The van der Waals surface area contributed by atoms with Crippen LogP contribution in [0.2, 0.25) is 0 Å². The van der Waals surface area contributed by atoms with Crippen LogP contribution in [0.1, 0.15) is 31.9 Å². The molecule has 5 heteroatoms. The summed E-state index contributed by atoms with van der Waals surface area (Å²) >= 11 is 1.56. The molecule has 1 atom stereocenters. The molecule has 1 amide bonds. The maximum Gasteiger partial charge on any atom is 0.232 e. The summed E-state index contributed by atoms with van der Waals surface area (Å²) in [6.07, 6.45) is 0. The first-order valence-electron chi connectivity index (χ1n) is 6.90. The van der Waals surface area contributed by atoms with Crippen molar-refractivity contribution in [1.29, 1.82) is 0 Å². The minimum atomic E-state index is 0.0712. The van der Waals surface area contributed by atoms with Crippen LogP contribution < -0.4 is 0 Å². The van der Waals surface area contributed by atoms with Crippen LogP contribution in [0, 0.1) is 0 Å². The number of fused-ring (bicyclic) bond motifs is 1. The Bertz CT molecular complexity index is 545. The van der Waals surface area contributed by atoms with Crippen LogP contribution in [-0.4, -0.2) is 34.6 Å². The fourth-order valence-corrected chi connectivity index (χ4v) is 2.82. The van der Waals surface area contributed by atoms with Gasteiger partial charge in [-0.25, -0.2) is 4.98 Å². The van der Waals surface area contributed by atoms with Crippen LogP contribution in [0.3, 0.4) is 0 Å². The van der Waals surface area contributed by atoms with Gasteiger partial charge in [-0.2, -0.15) is 0 Å². The standard InChI is InChI=1S/C15H20N2O2S/c1-4-17(5-2)14(18)10-20-11(3)15-16-12-8-6-7-9-13(12)19-15/h6-9,11H,4-5,10H2,1-3H3/t11-/m1/s1. The zero-order valence-electron chi connectivity index (χ0n) is 12.1. The molecule has 1 aromatic heterocycles. The van der Waals surface area contributed by atoms with Gasteiger partial charge >= 0.3 is 0 Å². The molecular weight excluding hydrogens is 272 g/mol. The van der Waals surface area contributed by atoms with Crippen molar-refractivity contribution in [2.45, 2.75) is 26.0 Å². The molecule has 0 aliphatic heterocycles. The highest BCUT2D eigenvalue weighted by molar-refractivity contribution is 8.00. The van der Waals surface area contributed by atoms with Gasteiger partial charge in [0.05, 0.1) is 11.0 Å². The van der Waals surface area contributed by atoms with E-state index in [0.717, 1.165) is 24.2 Å². The number of oxazole rings is 1. The van der Waals surface area contributed by atoms with E-state index in [1.807, 2.05) is 49.9 Å².